The first-order valence-electron chi connectivity index (χ1n) is 16.4. The van der Waals surface area contributed by atoms with Crippen molar-refractivity contribution in [3.63, 3.8) is 0 Å². The van der Waals surface area contributed by atoms with Gasteiger partial charge in [0.05, 0.1) is 18.8 Å². The van der Waals surface area contributed by atoms with Crippen LogP contribution in [-0.4, -0.2) is 14.5 Å². The maximum Gasteiger partial charge on any atom is 0.109 e. The summed E-state index contributed by atoms with van der Waals surface area (Å²) in [6.07, 6.45) is 13.3. The molecule has 5 nitrogen and oxygen atoms in total. The molecule has 0 unspecified atom stereocenters. The van der Waals surface area contributed by atoms with E-state index in [1.54, 1.807) is 18.8 Å². The van der Waals surface area contributed by atoms with Gasteiger partial charge in [0.15, 0.2) is 0 Å². The largest absolute Gasteiger partial charge is 0.472 e. The summed E-state index contributed by atoms with van der Waals surface area (Å²) in [5.41, 5.74) is 6.51. The van der Waals surface area contributed by atoms with Gasteiger partial charge in [-0.1, -0.05) is 104 Å². The minimum absolute atomic E-state index is 0.156. The van der Waals surface area contributed by atoms with Crippen LogP contribution >= 0.6 is 0 Å². The van der Waals surface area contributed by atoms with Gasteiger partial charge in [0.2, 0.25) is 0 Å². The Morgan fingerprint density at radius 3 is 1.41 bits per heavy atom. The summed E-state index contributed by atoms with van der Waals surface area (Å²) in [6, 6.07) is 16.4. The summed E-state index contributed by atoms with van der Waals surface area (Å²) < 4.78 is 12.3. The number of H-pyrrole nitrogens is 2. The SMILES string of the molecule is CC(C)(C)c1cc[nH]c1.CC(C)(C)c1ccc[nH]1.CC(C)(C)c1ccco1.CC(C)(C)c1ccoc1.Cn1cccc1C(C)(C)C. The molecule has 5 rings (SSSR count). The lowest BCUT2D eigenvalue weighted by molar-refractivity contribution is 0.409. The molecule has 0 amide bonds. The maximum atomic E-state index is 5.20. The quantitative estimate of drug-likeness (QED) is 0.179. The number of hydrogen-bond donors (Lipinski definition) is 2. The van der Waals surface area contributed by atoms with Crippen LogP contribution in [0.2, 0.25) is 0 Å². The van der Waals surface area contributed by atoms with Gasteiger partial charge < -0.3 is 23.4 Å². The Bertz CT molecular complexity index is 1240. The van der Waals surface area contributed by atoms with E-state index in [0.29, 0.717) is 5.41 Å². The molecule has 0 saturated heterocycles. The van der Waals surface area contributed by atoms with Gasteiger partial charge in [0, 0.05) is 59.5 Å². The van der Waals surface area contributed by atoms with Crippen molar-refractivity contribution < 1.29 is 8.83 Å². The van der Waals surface area contributed by atoms with E-state index in [1.807, 2.05) is 42.9 Å². The Morgan fingerprint density at radius 1 is 0.565 bits per heavy atom. The fraction of sp³-hybridized carbons (Fsp3) is 0.512. The number of furan rings is 2. The second kappa shape index (κ2) is 16.8. The van der Waals surface area contributed by atoms with Gasteiger partial charge in [0.1, 0.15) is 5.76 Å². The van der Waals surface area contributed by atoms with Crippen LogP contribution in [-0.2, 0) is 34.1 Å². The van der Waals surface area contributed by atoms with Crippen molar-refractivity contribution in [2.24, 2.45) is 7.05 Å². The van der Waals surface area contributed by atoms with E-state index < -0.39 is 0 Å². The predicted molar refractivity (Wildman–Crippen MR) is 198 cm³/mol. The number of aromatic amines is 2. The fourth-order valence-electron chi connectivity index (χ4n) is 4.22. The molecule has 5 heterocycles. The zero-order valence-electron chi connectivity index (χ0n) is 31.9. The van der Waals surface area contributed by atoms with Gasteiger partial charge in [0.25, 0.3) is 0 Å². The normalized spacial score (nSPS) is 11.9. The molecule has 0 bridgehead atoms. The summed E-state index contributed by atoms with van der Waals surface area (Å²) in [5, 5.41) is 0. The molecule has 0 aliphatic rings. The minimum atomic E-state index is 0.156. The third-order valence-electron chi connectivity index (χ3n) is 7.23. The molecule has 0 aliphatic heterocycles. The van der Waals surface area contributed by atoms with E-state index in [2.05, 4.69) is 156 Å². The van der Waals surface area contributed by atoms with Gasteiger partial charge in [-0.15, -0.1) is 0 Å². The molecule has 0 radical (unpaired) electrons. The van der Waals surface area contributed by atoms with Crippen molar-refractivity contribution >= 4 is 0 Å². The fourth-order valence-corrected chi connectivity index (χ4v) is 4.22. The molecule has 0 atom stereocenters. The van der Waals surface area contributed by atoms with Crippen LogP contribution in [0.1, 0.15) is 132 Å². The van der Waals surface area contributed by atoms with Crippen molar-refractivity contribution in [1.29, 1.82) is 0 Å². The second-order valence-electron chi connectivity index (χ2n) is 16.9. The molecule has 0 fully saturated rings. The number of aryl methyl sites for hydroxylation is 1. The van der Waals surface area contributed by atoms with Crippen LogP contribution < -0.4 is 0 Å². The smallest absolute Gasteiger partial charge is 0.109 e. The Labute approximate surface area is 281 Å². The maximum absolute atomic E-state index is 5.20. The topological polar surface area (TPSA) is 62.8 Å². The molecular formula is C41H65N3O2. The van der Waals surface area contributed by atoms with Gasteiger partial charge >= 0.3 is 0 Å². The Balaban J connectivity index is 0.000000288. The lowest BCUT2D eigenvalue weighted by Crippen LogP contribution is -2.15. The highest BCUT2D eigenvalue weighted by Gasteiger charge is 2.17. The zero-order chi connectivity index (χ0) is 35.4. The lowest BCUT2D eigenvalue weighted by Gasteiger charge is -2.19. The van der Waals surface area contributed by atoms with E-state index in [4.69, 9.17) is 8.83 Å². The van der Waals surface area contributed by atoms with Gasteiger partial charge in [-0.05, 0) is 70.5 Å². The third kappa shape index (κ3) is 15.1. The molecule has 46 heavy (non-hydrogen) atoms. The molecule has 5 aromatic heterocycles. The van der Waals surface area contributed by atoms with Crippen LogP contribution in [0.25, 0.3) is 0 Å². The highest BCUT2D eigenvalue weighted by molar-refractivity contribution is 5.18. The molecule has 0 aliphatic carbocycles. The van der Waals surface area contributed by atoms with Gasteiger partial charge in [-0.25, -0.2) is 0 Å². The average Bonchev–Trinajstić information content (AvgIpc) is 3.76. The number of nitrogens with zero attached hydrogens (tertiary/aromatic N) is 1. The second-order valence-corrected chi connectivity index (χ2v) is 16.9. The first kappa shape index (κ1) is 40.4. The van der Waals surface area contributed by atoms with Crippen LogP contribution in [0.15, 0.2) is 101 Å². The first-order chi connectivity index (χ1) is 20.9. The number of hydrogen-bond acceptors (Lipinski definition) is 2. The van der Waals surface area contributed by atoms with Gasteiger partial charge in [-0.3, -0.25) is 0 Å². The van der Waals surface area contributed by atoms with Crippen LogP contribution in [0.5, 0.6) is 0 Å². The minimum Gasteiger partial charge on any atom is -0.472 e. The molecule has 2 N–H and O–H groups in total. The summed E-state index contributed by atoms with van der Waals surface area (Å²) in [6.45, 7) is 32.8. The molecule has 5 heteroatoms. The molecule has 256 valence electrons. The predicted octanol–water partition coefficient (Wildman–Crippen LogP) is 12.1. The lowest BCUT2D eigenvalue weighted by atomic mass is 9.89. The highest BCUT2D eigenvalue weighted by Crippen LogP contribution is 2.23. The molecule has 5 aromatic rings. The van der Waals surface area contributed by atoms with Crippen molar-refractivity contribution in [2.75, 3.05) is 0 Å². The Kier molecular flexibility index (Phi) is 14.8. The van der Waals surface area contributed by atoms with E-state index in [0.717, 1.165) is 5.76 Å². The van der Waals surface area contributed by atoms with E-state index in [1.165, 1.54) is 22.5 Å². The van der Waals surface area contributed by atoms with Crippen LogP contribution in [0, 0.1) is 0 Å². The summed E-state index contributed by atoms with van der Waals surface area (Å²) >= 11 is 0. The first-order valence-corrected chi connectivity index (χ1v) is 16.4. The standard InChI is InChI=1S/C9H15N.2C8H13N.2C8H12O/c1-9(2,3)8-6-5-7-10(8)4;1-8(2,3)7-4-5-9-6-7;1-8(2,3)7-5-4-6-9-7;1-8(2,3)7-4-5-9-6-7;1-8(2,3)7-5-4-6-9-7/h5-7H,1-4H3;2*4-6,9H,1-3H3;2*4-6H,1-3H3. The van der Waals surface area contributed by atoms with E-state index >= 15 is 0 Å². The van der Waals surface area contributed by atoms with Crippen molar-refractivity contribution in [3.05, 3.63) is 120 Å². The van der Waals surface area contributed by atoms with E-state index in [9.17, 15) is 0 Å². The molecule has 0 aromatic carbocycles. The molecule has 0 spiro atoms. The van der Waals surface area contributed by atoms with Gasteiger partial charge in [-0.2, -0.15) is 0 Å². The third-order valence-corrected chi connectivity index (χ3v) is 7.23. The Hall–Kier alpha value is -3.60. The number of rotatable bonds is 0. The molecule has 0 saturated carbocycles. The molecular weight excluding hydrogens is 566 g/mol. The summed E-state index contributed by atoms with van der Waals surface area (Å²) in [5.74, 6) is 1.04. The zero-order valence-corrected chi connectivity index (χ0v) is 31.9. The number of nitrogens with one attached hydrogen (secondary N) is 2. The Morgan fingerprint density at radius 2 is 1.20 bits per heavy atom. The van der Waals surface area contributed by atoms with Crippen molar-refractivity contribution in [1.82, 2.24) is 14.5 Å². The van der Waals surface area contributed by atoms with Crippen molar-refractivity contribution in [3.8, 4) is 0 Å². The summed E-state index contributed by atoms with van der Waals surface area (Å²) in [4.78, 5) is 6.21. The van der Waals surface area contributed by atoms with Crippen molar-refractivity contribution in [2.45, 2.75) is 131 Å². The number of aromatic nitrogens is 3. The summed E-state index contributed by atoms with van der Waals surface area (Å²) in [7, 11) is 2.08. The monoisotopic (exact) mass is 632 g/mol. The van der Waals surface area contributed by atoms with Crippen LogP contribution in [0.3, 0.4) is 0 Å². The van der Waals surface area contributed by atoms with Crippen LogP contribution in [0.4, 0.5) is 0 Å². The highest BCUT2D eigenvalue weighted by atomic mass is 16.3. The van der Waals surface area contributed by atoms with E-state index in [-0.39, 0.29) is 21.7 Å². The average molecular weight is 632 g/mol.